The van der Waals surface area contributed by atoms with Crippen molar-refractivity contribution >= 4 is 81.5 Å². The number of hydrazine groups is 1. The van der Waals surface area contributed by atoms with Gasteiger partial charge in [-0.25, -0.2) is 10.2 Å². The molecule has 3 rings (SSSR count). The second-order valence-corrected chi connectivity index (χ2v) is 17.1. The molecule has 1 aromatic carbocycles. The van der Waals surface area contributed by atoms with Gasteiger partial charge in [-0.2, -0.15) is 0 Å². The van der Waals surface area contributed by atoms with Crippen LogP contribution in [0.25, 0.3) is 16.8 Å². The van der Waals surface area contributed by atoms with Crippen molar-refractivity contribution in [3.63, 3.8) is 0 Å². The maximum Gasteiger partial charge on any atom is 0.408 e. The van der Waals surface area contributed by atoms with Gasteiger partial charge in [0.2, 0.25) is 9.90 Å². The summed E-state index contributed by atoms with van der Waals surface area (Å²) in [4.78, 5) is 69.1. The fourth-order valence-corrected chi connectivity index (χ4v) is 5.22. The summed E-state index contributed by atoms with van der Waals surface area (Å²) in [7, 11) is 0. The van der Waals surface area contributed by atoms with Crippen molar-refractivity contribution < 1.29 is 38.2 Å². The average Bonchev–Trinajstić information content (AvgIpc) is 3.06. The van der Waals surface area contributed by atoms with Crippen molar-refractivity contribution in [1.82, 2.24) is 26.1 Å². The lowest BCUT2D eigenvalue weighted by Crippen LogP contribution is -2.60. The second kappa shape index (κ2) is 17.9. The second-order valence-electron chi connectivity index (χ2n) is 14.5. The number of nitrogens with one attached hydrogen (secondary N) is 3. The Bertz CT molecular complexity index is 1740. The summed E-state index contributed by atoms with van der Waals surface area (Å²) < 4.78 is 14.2. The van der Waals surface area contributed by atoms with E-state index in [2.05, 4.69) is 27.6 Å². The van der Waals surface area contributed by atoms with E-state index in [1.165, 1.54) is 18.9 Å². The molecule has 0 spiro atoms. The highest BCUT2D eigenvalue weighted by atomic mass is 35.6. The molecule has 0 saturated carbocycles. The van der Waals surface area contributed by atoms with Gasteiger partial charge in [0.15, 0.2) is 0 Å². The molecule has 3 amide bonds. The number of amides is 3. The Kier molecular flexibility index (Phi) is 14.7. The van der Waals surface area contributed by atoms with Crippen LogP contribution in [0.1, 0.15) is 85.5 Å². The van der Waals surface area contributed by atoms with Crippen LogP contribution in [0.4, 0.5) is 4.79 Å². The van der Waals surface area contributed by atoms with Crippen LogP contribution in [0.15, 0.2) is 48.7 Å². The molecular weight excluding hydrogens is 749 g/mol. The summed E-state index contributed by atoms with van der Waals surface area (Å²) in [5.74, 6) is -2.68. The normalized spacial score (nSPS) is 17.0. The van der Waals surface area contributed by atoms with Crippen molar-refractivity contribution in [2.24, 2.45) is 5.41 Å². The number of hydrogen-bond donors (Lipinski definition) is 3. The SMILES string of the molecule is C=C(C)[C@H](OC(=O)C(C)(C)/C=C/c1cc2cc([C@@H](C)NC(=O)OC(C)(C)C)ccc2cn1)C(=O)N[C@@H](C)C(=O)N1CCC[C@@H](C(=O)OCC(Cl)(Cl)Cl)N1. The zero-order valence-corrected chi connectivity index (χ0v) is 33.4. The van der Waals surface area contributed by atoms with E-state index < -0.39 is 69.4 Å². The standard InChI is InChI=1S/C37H48Cl3N5O8/c1-21(2)29(30(46)42-23(4)31(47)45-16-10-11-28(44-45)32(48)51-20-37(38,39)40)52-33(49)36(8,9)15-14-27-18-26-17-24(12-13-25(26)19-41-27)22(3)43-34(50)53-35(5,6)7/h12-15,17-19,22-23,28-29,44H,1,10-11,16,20H2,2-9H3,(H,42,46)(H,43,50)/b15-14+/t22-,23+,28+,29+/m1/s1. The quantitative estimate of drug-likeness (QED) is 0.0967. The van der Waals surface area contributed by atoms with Crippen LogP contribution < -0.4 is 16.1 Å². The topological polar surface area (TPSA) is 165 Å². The number of carbonyl (C=O) groups is 5. The van der Waals surface area contributed by atoms with Crippen molar-refractivity contribution in [3.05, 3.63) is 59.9 Å². The number of alkyl carbamates (subject to hydrolysis) is 1. The zero-order chi connectivity index (χ0) is 39.9. The zero-order valence-electron chi connectivity index (χ0n) is 31.2. The number of halogens is 3. The predicted molar refractivity (Wildman–Crippen MR) is 204 cm³/mol. The summed E-state index contributed by atoms with van der Waals surface area (Å²) in [6.45, 7) is 17.1. The smallest absolute Gasteiger partial charge is 0.408 e. The van der Waals surface area contributed by atoms with Gasteiger partial charge in [-0.15, -0.1) is 0 Å². The van der Waals surface area contributed by atoms with E-state index >= 15 is 0 Å². The number of aromatic nitrogens is 1. The van der Waals surface area contributed by atoms with Crippen LogP contribution in [-0.4, -0.2) is 80.6 Å². The highest BCUT2D eigenvalue weighted by molar-refractivity contribution is 6.67. The first-order chi connectivity index (χ1) is 24.5. The molecular formula is C37H48Cl3N5O8. The predicted octanol–water partition coefficient (Wildman–Crippen LogP) is 6.26. The monoisotopic (exact) mass is 795 g/mol. The highest BCUT2D eigenvalue weighted by Crippen LogP contribution is 2.27. The van der Waals surface area contributed by atoms with Crippen molar-refractivity contribution in [2.75, 3.05) is 13.2 Å². The van der Waals surface area contributed by atoms with Crippen LogP contribution in [-0.2, 0) is 33.4 Å². The van der Waals surface area contributed by atoms with Gasteiger partial charge >= 0.3 is 18.0 Å². The summed E-state index contributed by atoms with van der Waals surface area (Å²) in [6.07, 6.45) is 3.96. The lowest BCUT2D eigenvalue weighted by Gasteiger charge is -2.34. The number of fused-ring (bicyclic) bond motifs is 1. The van der Waals surface area contributed by atoms with Gasteiger partial charge < -0.3 is 24.8 Å². The number of nitrogens with zero attached hydrogens (tertiary/aromatic N) is 2. The van der Waals surface area contributed by atoms with E-state index in [1.54, 1.807) is 53.0 Å². The first kappa shape index (κ1) is 43.5. The van der Waals surface area contributed by atoms with Crippen LogP contribution in [0.3, 0.4) is 0 Å². The van der Waals surface area contributed by atoms with E-state index in [0.717, 1.165) is 16.3 Å². The summed E-state index contributed by atoms with van der Waals surface area (Å²) >= 11 is 17.0. The van der Waals surface area contributed by atoms with Gasteiger partial charge in [0.05, 0.1) is 17.2 Å². The number of carbonyl (C=O) groups excluding carboxylic acids is 5. The Hall–Kier alpha value is -3.91. The van der Waals surface area contributed by atoms with E-state index in [9.17, 15) is 24.0 Å². The molecule has 1 aliphatic heterocycles. The molecule has 0 aliphatic carbocycles. The van der Waals surface area contributed by atoms with Crippen molar-refractivity contribution in [2.45, 2.75) is 102 Å². The molecule has 2 aromatic rings. The summed E-state index contributed by atoms with van der Waals surface area (Å²) in [5.41, 5.74) is 2.65. The first-order valence-corrected chi connectivity index (χ1v) is 18.2. The lowest BCUT2D eigenvalue weighted by molar-refractivity contribution is -0.160. The molecule has 16 heteroatoms. The molecule has 290 valence electrons. The molecule has 0 radical (unpaired) electrons. The fourth-order valence-electron chi connectivity index (χ4n) is 5.06. The maximum atomic E-state index is 13.4. The Morgan fingerprint density at radius 1 is 1.06 bits per heavy atom. The van der Waals surface area contributed by atoms with Gasteiger partial charge in [-0.3, -0.25) is 29.2 Å². The number of ether oxygens (including phenoxy) is 3. The van der Waals surface area contributed by atoms with E-state index in [4.69, 9.17) is 49.0 Å². The largest absolute Gasteiger partial charge is 0.460 e. The molecule has 4 atom stereocenters. The number of esters is 2. The number of rotatable bonds is 12. The van der Waals surface area contributed by atoms with E-state index in [0.29, 0.717) is 18.5 Å². The number of alkyl halides is 3. The number of pyridine rings is 1. The lowest BCUT2D eigenvalue weighted by atomic mass is 9.92. The molecule has 53 heavy (non-hydrogen) atoms. The van der Waals surface area contributed by atoms with Gasteiger partial charge in [0.25, 0.3) is 11.8 Å². The summed E-state index contributed by atoms with van der Waals surface area (Å²) in [6, 6.07) is 5.37. The minimum absolute atomic E-state index is 0.241. The van der Waals surface area contributed by atoms with Crippen LogP contribution in [0.2, 0.25) is 0 Å². The molecule has 2 heterocycles. The first-order valence-electron chi connectivity index (χ1n) is 17.0. The Morgan fingerprint density at radius 2 is 1.74 bits per heavy atom. The van der Waals surface area contributed by atoms with Crippen molar-refractivity contribution in [1.29, 1.82) is 0 Å². The molecule has 0 bridgehead atoms. The number of hydrogen-bond acceptors (Lipinski definition) is 10. The third kappa shape index (κ3) is 13.5. The minimum atomic E-state index is -1.78. The van der Waals surface area contributed by atoms with Crippen LogP contribution in [0, 0.1) is 5.41 Å². The third-order valence-corrected chi connectivity index (χ3v) is 8.28. The highest BCUT2D eigenvalue weighted by Gasteiger charge is 2.36. The van der Waals surface area contributed by atoms with Crippen LogP contribution in [0.5, 0.6) is 0 Å². The number of benzene rings is 1. The van der Waals surface area contributed by atoms with Gasteiger partial charge in [0, 0.05) is 18.1 Å². The van der Waals surface area contributed by atoms with Gasteiger partial charge in [-0.05, 0) is 103 Å². The van der Waals surface area contributed by atoms with Crippen LogP contribution >= 0.6 is 34.8 Å². The fraction of sp³-hybridized carbons (Fsp3) is 0.514. The molecule has 1 aliphatic rings. The Balaban J connectivity index is 1.64. The molecule has 1 saturated heterocycles. The molecule has 0 unspecified atom stereocenters. The maximum absolute atomic E-state index is 13.4. The van der Waals surface area contributed by atoms with E-state index in [1.807, 2.05) is 31.2 Å². The molecule has 1 fully saturated rings. The van der Waals surface area contributed by atoms with Gasteiger partial charge in [0.1, 0.15) is 24.3 Å². The Morgan fingerprint density at radius 3 is 2.36 bits per heavy atom. The molecule has 13 nitrogen and oxygen atoms in total. The minimum Gasteiger partial charge on any atom is -0.460 e. The van der Waals surface area contributed by atoms with E-state index in [-0.39, 0.29) is 18.2 Å². The molecule has 3 N–H and O–H groups in total. The van der Waals surface area contributed by atoms with Gasteiger partial charge in [-0.1, -0.05) is 59.6 Å². The average molecular weight is 797 g/mol. The summed E-state index contributed by atoms with van der Waals surface area (Å²) in [5, 5.41) is 8.38. The molecule has 1 aromatic heterocycles. The van der Waals surface area contributed by atoms with Crippen molar-refractivity contribution in [3.8, 4) is 0 Å². The Labute approximate surface area is 325 Å². The third-order valence-electron chi connectivity index (χ3n) is 7.95.